The van der Waals surface area contributed by atoms with E-state index in [1.165, 1.54) is 12.1 Å². The first kappa shape index (κ1) is 14.6. The van der Waals surface area contributed by atoms with E-state index in [9.17, 15) is 13.2 Å². The van der Waals surface area contributed by atoms with Crippen molar-refractivity contribution in [2.75, 3.05) is 6.54 Å². The first-order valence-corrected chi connectivity index (χ1v) is 7.00. The number of sulfonamides is 1. The monoisotopic (exact) mass is 271 g/mol. The molecule has 0 aliphatic rings. The molecule has 100 valence electrons. The number of hydrogen-bond donors (Lipinski definition) is 3. The second kappa shape index (κ2) is 5.94. The Kier molecular flexibility index (Phi) is 4.83. The van der Waals surface area contributed by atoms with Crippen LogP contribution in [-0.2, 0) is 14.8 Å². The molecule has 18 heavy (non-hydrogen) atoms. The van der Waals surface area contributed by atoms with Crippen LogP contribution in [0.4, 0.5) is 0 Å². The van der Waals surface area contributed by atoms with Crippen molar-refractivity contribution in [3.63, 3.8) is 0 Å². The highest BCUT2D eigenvalue weighted by Gasteiger charge is 2.09. The molecular weight excluding hydrogens is 254 g/mol. The van der Waals surface area contributed by atoms with Gasteiger partial charge in [-0.05, 0) is 24.6 Å². The molecule has 1 rings (SSSR count). The van der Waals surface area contributed by atoms with Crippen LogP contribution in [0.2, 0.25) is 0 Å². The van der Waals surface area contributed by atoms with Crippen LogP contribution in [0, 0.1) is 0 Å². The second-order valence-electron chi connectivity index (χ2n) is 4.01. The van der Waals surface area contributed by atoms with Crippen LogP contribution in [0.3, 0.4) is 0 Å². The van der Waals surface area contributed by atoms with Gasteiger partial charge in [-0.3, -0.25) is 4.79 Å². The van der Waals surface area contributed by atoms with E-state index in [0.717, 1.165) is 5.56 Å². The molecule has 1 aromatic carbocycles. The van der Waals surface area contributed by atoms with Crippen LogP contribution in [0.1, 0.15) is 24.9 Å². The van der Waals surface area contributed by atoms with Crippen molar-refractivity contribution in [3.05, 3.63) is 29.8 Å². The van der Waals surface area contributed by atoms with Gasteiger partial charge in [0.15, 0.2) is 0 Å². The molecule has 0 saturated heterocycles. The number of amides is 1. The zero-order valence-electron chi connectivity index (χ0n) is 10.1. The van der Waals surface area contributed by atoms with Crippen LogP contribution in [0.25, 0.3) is 0 Å². The molecule has 1 unspecified atom stereocenters. The van der Waals surface area contributed by atoms with Gasteiger partial charge in [0.1, 0.15) is 0 Å². The van der Waals surface area contributed by atoms with Crippen LogP contribution in [0.15, 0.2) is 29.2 Å². The van der Waals surface area contributed by atoms with E-state index >= 15 is 0 Å². The largest absolute Gasteiger partial charge is 0.370 e. The molecule has 5 N–H and O–H groups in total. The van der Waals surface area contributed by atoms with Crippen molar-refractivity contribution >= 4 is 15.9 Å². The zero-order chi connectivity index (χ0) is 13.8. The van der Waals surface area contributed by atoms with Gasteiger partial charge in [0, 0.05) is 19.0 Å². The lowest BCUT2D eigenvalue weighted by molar-refractivity contribution is -0.117. The lowest BCUT2D eigenvalue weighted by atomic mass is 10.1. The fraction of sp³-hybridized carbons (Fsp3) is 0.364. The van der Waals surface area contributed by atoms with Gasteiger partial charge in [-0.1, -0.05) is 12.1 Å². The normalized spacial score (nSPS) is 13.2. The van der Waals surface area contributed by atoms with Crippen molar-refractivity contribution in [1.82, 2.24) is 5.32 Å². The molecule has 0 heterocycles. The smallest absolute Gasteiger partial charge is 0.238 e. The summed E-state index contributed by atoms with van der Waals surface area (Å²) >= 11 is 0. The van der Waals surface area contributed by atoms with E-state index < -0.39 is 10.0 Å². The fourth-order valence-electron chi connectivity index (χ4n) is 1.48. The molecular formula is C11H17N3O3S. The fourth-order valence-corrected chi connectivity index (χ4v) is 1.99. The maximum Gasteiger partial charge on any atom is 0.238 e. The molecule has 0 saturated carbocycles. The first-order valence-electron chi connectivity index (χ1n) is 5.45. The molecule has 0 fully saturated rings. The molecule has 0 aliphatic heterocycles. The molecule has 1 amide bonds. The standard InChI is InChI=1S/C11H17N3O3S/c1-8(14-7-6-11(12)15)9-2-4-10(5-3-9)18(13,16)17/h2-5,8,14H,6-7H2,1H3,(H2,12,15)(H2,13,16,17). The highest BCUT2D eigenvalue weighted by atomic mass is 32.2. The molecule has 0 bridgehead atoms. The molecule has 0 aromatic heterocycles. The van der Waals surface area contributed by atoms with E-state index in [-0.39, 0.29) is 23.3 Å². The molecule has 0 radical (unpaired) electrons. The Morgan fingerprint density at radius 3 is 2.33 bits per heavy atom. The van der Waals surface area contributed by atoms with Gasteiger partial charge in [0.05, 0.1) is 4.90 Å². The minimum absolute atomic E-state index is 0.00104. The van der Waals surface area contributed by atoms with Gasteiger partial charge in [-0.25, -0.2) is 13.6 Å². The average molecular weight is 271 g/mol. The van der Waals surface area contributed by atoms with Gasteiger partial charge in [0.25, 0.3) is 0 Å². The Balaban J connectivity index is 2.65. The summed E-state index contributed by atoms with van der Waals surface area (Å²) in [5, 5.41) is 8.11. The maximum atomic E-state index is 11.1. The Bertz CT molecular complexity index is 511. The summed E-state index contributed by atoms with van der Waals surface area (Å²) in [6.07, 6.45) is 0.263. The Hall–Kier alpha value is -1.44. The lowest BCUT2D eigenvalue weighted by Gasteiger charge is -2.13. The number of primary amides is 1. The van der Waals surface area contributed by atoms with Crippen LogP contribution < -0.4 is 16.2 Å². The van der Waals surface area contributed by atoms with Gasteiger partial charge < -0.3 is 11.1 Å². The Morgan fingerprint density at radius 1 is 1.33 bits per heavy atom. The van der Waals surface area contributed by atoms with Crippen LogP contribution >= 0.6 is 0 Å². The first-order chi connectivity index (χ1) is 8.30. The highest BCUT2D eigenvalue weighted by molar-refractivity contribution is 7.89. The summed E-state index contributed by atoms with van der Waals surface area (Å²) in [7, 11) is -3.66. The van der Waals surface area contributed by atoms with Crippen molar-refractivity contribution < 1.29 is 13.2 Å². The number of nitrogens with one attached hydrogen (secondary N) is 1. The zero-order valence-corrected chi connectivity index (χ0v) is 10.9. The summed E-state index contributed by atoms with van der Waals surface area (Å²) in [5.74, 6) is -0.362. The number of primary sulfonamides is 1. The molecule has 0 aliphatic carbocycles. The quantitative estimate of drug-likeness (QED) is 0.667. The Labute approximate surface area is 106 Å². The number of carbonyl (C=O) groups excluding carboxylic acids is 1. The molecule has 7 heteroatoms. The van der Waals surface area contributed by atoms with Crippen molar-refractivity contribution in [1.29, 1.82) is 0 Å². The van der Waals surface area contributed by atoms with Crippen LogP contribution in [-0.4, -0.2) is 20.9 Å². The maximum absolute atomic E-state index is 11.1. The van der Waals surface area contributed by atoms with E-state index in [2.05, 4.69) is 5.32 Å². The number of benzene rings is 1. The summed E-state index contributed by atoms with van der Waals surface area (Å²) in [6.45, 7) is 2.39. The molecule has 1 atom stereocenters. The topological polar surface area (TPSA) is 115 Å². The minimum atomic E-state index is -3.66. The third-order valence-electron chi connectivity index (χ3n) is 2.53. The van der Waals surface area contributed by atoms with Crippen molar-refractivity contribution in [2.24, 2.45) is 10.9 Å². The third-order valence-corrected chi connectivity index (χ3v) is 3.46. The number of nitrogens with two attached hydrogens (primary N) is 2. The summed E-state index contributed by atoms with van der Waals surface area (Å²) in [4.78, 5) is 10.7. The summed E-state index contributed by atoms with van der Waals surface area (Å²) < 4.78 is 22.1. The number of hydrogen-bond acceptors (Lipinski definition) is 4. The van der Waals surface area contributed by atoms with Gasteiger partial charge >= 0.3 is 0 Å². The van der Waals surface area contributed by atoms with E-state index in [4.69, 9.17) is 10.9 Å². The lowest BCUT2D eigenvalue weighted by Crippen LogP contribution is -2.24. The molecule has 6 nitrogen and oxygen atoms in total. The predicted octanol–water partition coefficient (Wildman–Crippen LogP) is -0.140. The average Bonchev–Trinajstić information content (AvgIpc) is 2.27. The number of rotatable bonds is 6. The van der Waals surface area contributed by atoms with Gasteiger partial charge in [-0.2, -0.15) is 0 Å². The van der Waals surface area contributed by atoms with E-state index in [1.807, 2.05) is 6.92 Å². The van der Waals surface area contributed by atoms with Gasteiger partial charge in [-0.15, -0.1) is 0 Å². The highest BCUT2D eigenvalue weighted by Crippen LogP contribution is 2.15. The van der Waals surface area contributed by atoms with Crippen molar-refractivity contribution in [3.8, 4) is 0 Å². The minimum Gasteiger partial charge on any atom is -0.370 e. The van der Waals surface area contributed by atoms with Gasteiger partial charge in [0.2, 0.25) is 15.9 Å². The summed E-state index contributed by atoms with van der Waals surface area (Å²) in [6, 6.07) is 6.27. The molecule has 1 aromatic rings. The SMILES string of the molecule is CC(NCCC(N)=O)c1ccc(S(N)(=O)=O)cc1. The van der Waals surface area contributed by atoms with E-state index in [0.29, 0.717) is 6.54 Å². The molecule has 0 spiro atoms. The second-order valence-corrected chi connectivity index (χ2v) is 5.57. The van der Waals surface area contributed by atoms with Crippen LogP contribution in [0.5, 0.6) is 0 Å². The summed E-state index contributed by atoms with van der Waals surface area (Å²) in [5.41, 5.74) is 5.93. The predicted molar refractivity (Wildman–Crippen MR) is 68.0 cm³/mol. The van der Waals surface area contributed by atoms with Crippen molar-refractivity contribution in [2.45, 2.75) is 24.3 Å². The Morgan fingerprint density at radius 2 is 1.89 bits per heavy atom. The number of carbonyl (C=O) groups is 1. The third kappa shape index (κ3) is 4.44. The van der Waals surface area contributed by atoms with E-state index in [1.54, 1.807) is 12.1 Å².